The molecule has 4 heteroatoms. The van der Waals surface area contributed by atoms with Crippen molar-refractivity contribution in [3.05, 3.63) is 41.5 Å². The van der Waals surface area contributed by atoms with Crippen LogP contribution in [0, 0.1) is 0 Å². The molecule has 0 heterocycles. The van der Waals surface area contributed by atoms with Crippen LogP contribution < -0.4 is 9.47 Å². The fraction of sp³-hybridized carbons (Fsp3) is 0.188. The zero-order valence-corrected chi connectivity index (χ0v) is 11.2. The van der Waals surface area contributed by atoms with Gasteiger partial charge in [0, 0.05) is 17.2 Å². The van der Waals surface area contributed by atoms with Crippen molar-refractivity contribution in [3.8, 4) is 28.4 Å². The monoisotopic (exact) mass is 270 g/mol. The molecule has 0 saturated heterocycles. The number of phenolic OH excluding ortho intramolecular Hbond substituents is 1. The van der Waals surface area contributed by atoms with Gasteiger partial charge < -0.3 is 19.4 Å². The van der Waals surface area contributed by atoms with E-state index in [1.165, 1.54) is 0 Å². The number of hydrogen-bond acceptors (Lipinski definition) is 4. The van der Waals surface area contributed by atoms with Crippen molar-refractivity contribution in [1.29, 1.82) is 0 Å². The maximum absolute atomic E-state index is 11.5. The zero-order valence-electron chi connectivity index (χ0n) is 11.2. The summed E-state index contributed by atoms with van der Waals surface area (Å²) in [7, 11) is 3.12. The van der Waals surface area contributed by atoms with Gasteiger partial charge in [-0.1, -0.05) is 12.1 Å². The lowest BCUT2D eigenvalue weighted by Gasteiger charge is -2.12. The fourth-order valence-electron chi connectivity index (χ4n) is 2.81. The van der Waals surface area contributed by atoms with Crippen molar-refractivity contribution in [3.63, 3.8) is 0 Å². The van der Waals surface area contributed by atoms with Crippen molar-refractivity contribution in [2.45, 2.75) is 5.92 Å². The van der Waals surface area contributed by atoms with Crippen molar-refractivity contribution >= 4 is 6.29 Å². The average molecular weight is 270 g/mol. The number of carbonyl (C=O) groups is 1. The molecule has 0 amide bonds. The summed E-state index contributed by atoms with van der Waals surface area (Å²) in [6.45, 7) is 0. The first-order chi connectivity index (χ1) is 9.71. The Balaban J connectivity index is 2.38. The molecule has 0 aliphatic heterocycles. The molecule has 102 valence electrons. The second kappa shape index (κ2) is 4.56. The SMILES string of the molecule is COc1cc(OC)c2c(c1)C(C=O)c1cccc(O)c1-2. The van der Waals surface area contributed by atoms with E-state index in [-0.39, 0.29) is 5.75 Å². The number of carbonyl (C=O) groups excluding carboxylic acids is 1. The van der Waals surface area contributed by atoms with Gasteiger partial charge in [0.15, 0.2) is 0 Å². The average Bonchev–Trinajstić information content (AvgIpc) is 2.80. The van der Waals surface area contributed by atoms with Crippen molar-refractivity contribution < 1.29 is 19.4 Å². The third-order valence-electron chi connectivity index (χ3n) is 3.69. The highest BCUT2D eigenvalue weighted by Crippen LogP contribution is 2.52. The molecule has 2 aromatic carbocycles. The molecule has 1 N–H and O–H groups in total. The summed E-state index contributed by atoms with van der Waals surface area (Å²) in [6.07, 6.45) is 0.878. The largest absolute Gasteiger partial charge is 0.507 e. The molecule has 1 atom stereocenters. The van der Waals surface area contributed by atoms with Gasteiger partial charge >= 0.3 is 0 Å². The quantitative estimate of drug-likeness (QED) is 0.871. The number of ether oxygens (including phenoxy) is 2. The van der Waals surface area contributed by atoms with E-state index >= 15 is 0 Å². The minimum atomic E-state index is -0.406. The van der Waals surface area contributed by atoms with Gasteiger partial charge in [-0.2, -0.15) is 0 Å². The summed E-state index contributed by atoms with van der Waals surface area (Å²) >= 11 is 0. The molecule has 2 aromatic rings. The van der Waals surface area contributed by atoms with Gasteiger partial charge in [-0.3, -0.25) is 0 Å². The molecule has 0 spiro atoms. The van der Waals surface area contributed by atoms with E-state index in [4.69, 9.17) is 9.47 Å². The van der Waals surface area contributed by atoms with E-state index in [2.05, 4.69) is 0 Å². The molecular weight excluding hydrogens is 256 g/mol. The lowest BCUT2D eigenvalue weighted by molar-refractivity contribution is -0.108. The highest BCUT2D eigenvalue weighted by Gasteiger charge is 2.33. The number of benzene rings is 2. The van der Waals surface area contributed by atoms with Crippen molar-refractivity contribution in [2.75, 3.05) is 14.2 Å². The highest BCUT2D eigenvalue weighted by molar-refractivity contribution is 5.93. The van der Waals surface area contributed by atoms with Gasteiger partial charge in [-0.05, 0) is 23.3 Å². The van der Waals surface area contributed by atoms with Gasteiger partial charge in [0.05, 0.1) is 20.1 Å². The van der Waals surface area contributed by atoms with E-state index in [0.29, 0.717) is 17.1 Å². The number of methoxy groups -OCH3 is 2. The Morgan fingerprint density at radius 1 is 1.10 bits per heavy atom. The number of phenols is 1. The first kappa shape index (κ1) is 12.5. The van der Waals surface area contributed by atoms with E-state index in [9.17, 15) is 9.90 Å². The Labute approximate surface area is 116 Å². The van der Waals surface area contributed by atoms with Gasteiger partial charge in [-0.25, -0.2) is 0 Å². The Morgan fingerprint density at radius 3 is 2.55 bits per heavy atom. The second-order valence-corrected chi connectivity index (χ2v) is 4.65. The van der Waals surface area contributed by atoms with Gasteiger partial charge in [0.1, 0.15) is 23.5 Å². The fourth-order valence-corrected chi connectivity index (χ4v) is 2.81. The van der Waals surface area contributed by atoms with Crippen LogP contribution >= 0.6 is 0 Å². The van der Waals surface area contributed by atoms with E-state index in [0.717, 1.165) is 23.0 Å². The van der Waals surface area contributed by atoms with Crippen LogP contribution in [0.25, 0.3) is 11.1 Å². The number of fused-ring (bicyclic) bond motifs is 3. The molecule has 0 saturated carbocycles. The number of hydrogen-bond donors (Lipinski definition) is 1. The zero-order chi connectivity index (χ0) is 14.3. The van der Waals surface area contributed by atoms with Crippen LogP contribution in [0.4, 0.5) is 0 Å². The molecule has 0 fully saturated rings. The van der Waals surface area contributed by atoms with Crippen LogP contribution in [0.3, 0.4) is 0 Å². The third kappa shape index (κ3) is 1.58. The van der Waals surface area contributed by atoms with E-state index in [1.54, 1.807) is 32.4 Å². The Bertz CT molecular complexity index is 691. The number of aromatic hydroxyl groups is 1. The lowest BCUT2D eigenvalue weighted by atomic mass is 9.98. The number of aldehydes is 1. The van der Waals surface area contributed by atoms with Crippen LogP contribution in [0.15, 0.2) is 30.3 Å². The van der Waals surface area contributed by atoms with Crippen LogP contribution in [0.2, 0.25) is 0 Å². The normalized spacial score (nSPS) is 15.4. The van der Waals surface area contributed by atoms with E-state index < -0.39 is 5.92 Å². The summed E-state index contributed by atoms with van der Waals surface area (Å²) in [5.74, 6) is 0.957. The molecule has 4 nitrogen and oxygen atoms in total. The molecule has 20 heavy (non-hydrogen) atoms. The first-order valence-corrected chi connectivity index (χ1v) is 6.24. The van der Waals surface area contributed by atoms with E-state index in [1.807, 2.05) is 12.1 Å². The van der Waals surface area contributed by atoms with Gasteiger partial charge in [-0.15, -0.1) is 0 Å². The predicted octanol–water partition coefficient (Wildman–Crippen LogP) is 2.72. The molecule has 1 aliphatic carbocycles. The standard InChI is InChI=1S/C16H14O4/c1-19-9-6-11-12(8-17)10-4-3-5-13(18)15(10)16(11)14(7-9)20-2/h3-8,12,18H,1-2H3. The first-order valence-electron chi connectivity index (χ1n) is 6.24. The summed E-state index contributed by atoms with van der Waals surface area (Å²) < 4.78 is 10.6. The van der Waals surface area contributed by atoms with Crippen LogP contribution in [0.1, 0.15) is 17.0 Å². The van der Waals surface area contributed by atoms with Gasteiger partial charge in [0.2, 0.25) is 0 Å². The molecule has 0 radical (unpaired) electrons. The molecule has 0 bridgehead atoms. The third-order valence-corrected chi connectivity index (χ3v) is 3.69. The minimum Gasteiger partial charge on any atom is -0.507 e. The molecule has 1 unspecified atom stereocenters. The van der Waals surface area contributed by atoms with Crippen LogP contribution in [-0.2, 0) is 4.79 Å². The Kier molecular flexibility index (Phi) is 2.86. The van der Waals surface area contributed by atoms with Crippen molar-refractivity contribution in [2.24, 2.45) is 0 Å². The maximum atomic E-state index is 11.5. The smallest absolute Gasteiger partial charge is 0.131 e. The molecule has 1 aliphatic rings. The predicted molar refractivity (Wildman–Crippen MR) is 74.6 cm³/mol. The highest BCUT2D eigenvalue weighted by atomic mass is 16.5. The lowest BCUT2D eigenvalue weighted by Crippen LogP contribution is -1.98. The number of rotatable bonds is 3. The van der Waals surface area contributed by atoms with Crippen LogP contribution in [0.5, 0.6) is 17.2 Å². The van der Waals surface area contributed by atoms with Crippen LogP contribution in [-0.4, -0.2) is 25.6 Å². The summed E-state index contributed by atoms with van der Waals surface area (Å²) in [4.78, 5) is 11.5. The molecular formula is C16H14O4. The summed E-state index contributed by atoms with van der Waals surface area (Å²) in [5.41, 5.74) is 3.02. The minimum absolute atomic E-state index is 0.150. The maximum Gasteiger partial charge on any atom is 0.131 e. The van der Waals surface area contributed by atoms with Gasteiger partial charge in [0.25, 0.3) is 0 Å². The topological polar surface area (TPSA) is 55.8 Å². The summed E-state index contributed by atoms with van der Waals surface area (Å²) in [6, 6.07) is 8.76. The Hall–Kier alpha value is -2.49. The molecule has 0 aromatic heterocycles. The Morgan fingerprint density at radius 2 is 1.90 bits per heavy atom. The second-order valence-electron chi connectivity index (χ2n) is 4.65. The molecule has 3 rings (SSSR count). The summed E-state index contributed by atoms with van der Waals surface area (Å²) in [5, 5.41) is 10.1. The van der Waals surface area contributed by atoms with Crippen molar-refractivity contribution in [1.82, 2.24) is 0 Å².